The number of ether oxygens (including phenoxy) is 2. The fraction of sp³-hybridized carbons (Fsp3) is 0.537. The Kier molecular flexibility index (Phi) is 11.8. The van der Waals surface area contributed by atoms with Crippen LogP contribution in [0.25, 0.3) is 0 Å². The smallest absolute Gasteiger partial charge is 0.264 e. The third kappa shape index (κ3) is 8.41. The van der Waals surface area contributed by atoms with Gasteiger partial charge in [-0.1, -0.05) is 36.7 Å². The summed E-state index contributed by atoms with van der Waals surface area (Å²) >= 11 is 6.41. The van der Waals surface area contributed by atoms with Gasteiger partial charge < -0.3 is 19.3 Å². The van der Waals surface area contributed by atoms with Gasteiger partial charge in [-0.3, -0.25) is 9.69 Å². The first-order valence-corrected chi connectivity index (χ1v) is 21.3. The lowest BCUT2D eigenvalue weighted by molar-refractivity contribution is -0.0919. The van der Waals surface area contributed by atoms with E-state index < -0.39 is 26.8 Å². The fourth-order valence-electron chi connectivity index (χ4n) is 8.60. The lowest BCUT2D eigenvalue weighted by Crippen LogP contribution is -2.58. The number of piperazine rings is 1. The monoisotopic (exact) mass is 776 g/mol. The molecule has 4 heterocycles. The van der Waals surface area contributed by atoms with Crippen molar-refractivity contribution in [3.63, 3.8) is 0 Å². The van der Waals surface area contributed by atoms with Crippen LogP contribution in [0.4, 0.5) is 11.4 Å². The minimum Gasteiger partial charge on any atom is -0.487 e. The van der Waals surface area contributed by atoms with Gasteiger partial charge in [0.2, 0.25) is 10.0 Å². The van der Waals surface area contributed by atoms with E-state index in [1.54, 1.807) is 19.3 Å². The predicted octanol–water partition coefficient (Wildman–Crippen LogP) is 6.13. The average Bonchev–Trinajstić information content (AvgIpc) is 3.19. The fourth-order valence-corrected chi connectivity index (χ4v) is 10.1. The molecule has 1 saturated heterocycles. The van der Waals surface area contributed by atoms with E-state index in [1.807, 2.05) is 56.8 Å². The molecule has 13 heteroatoms. The normalized spacial score (nSPS) is 28.6. The summed E-state index contributed by atoms with van der Waals surface area (Å²) in [4.78, 5) is 29.3. The molecule has 1 aromatic heterocycles. The lowest BCUT2D eigenvalue weighted by atomic mass is 9.63. The average molecular weight is 777 g/mol. The van der Waals surface area contributed by atoms with Crippen molar-refractivity contribution in [1.29, 1.82) is 0 Å². The molecule has 54 heavy (non-hydrogen) atoms. The topological polar surface area (TPSA) is 117 Å². The van der Waals surface area contributed by atoms with Gasteiger partial charge >= 0.3 is 0 Å². The van der Waals surface area contributed by atoms with Crippen LogP contribution in [0.15, 0.2) is 67.3 Å². The van der Waals surface area contributed by atoms with E-state index in [0.29, 0.717) is 29.7 Å². The number of anilines is 2. The number of nitrogens with zero attached hydrogens (tertiary/aromatic N) is 5. The number of rotatable bonds is 4. The summed E-state index contributed by atoms with van der Waals surface area (Å²) in [5.41, 5.74) is 3.82. The summed E-state index contributed by atoms with van der Waals surface area (Å²) in [7, 11) is -2.14. The van der Waals surface area contributed by atoms with Crippen molar-refractivity contribution in [3.8, 4) is 5.75 Å². The van der Waals surface area contributed by atoms with Gasteiger partial charge in [0.05, 0.1) is 29.0 Å². The SMILES string of the molecule is CO[C@@]1(CN2CCN(c3cncnc3)CC2)/C=C/C[C@H](C)[C@@H](C)S(=O)(=O)NC(=O)c2ccc3c(c2)N(CCCCc2cc(Cl)ccc2CO3)C[C@@H]2CCC21. The van der Waals surface area contributed by atoms with Crippen LogP contribution >= 0.6 is 11.6 Å². The van der Waals surface area contributed by atoms with E-state index >= 15 is 0 Å². The third-order valence-electron chi connectivity index (χ3n) is 12.3. The van der Waals surface area contributed by atoms with E-state index in [-0.39, 0.29) is 17.4 Å². The highest BCUT2D eigenvalue weighted by Crippen LogP contribution is 2.47. The minimum atomic E-state index is -3.97. The molecule has 3 aromatic rings. The van der Waals surface area contributed by atoms with Gasteiger partial charge in [-0.25, -0.2) is 23.1 Å². The van der Waals surface area contributed by atoms with Gasteiger partial charge in [-0.15, -0.1) is 0 Å². The van der Waals surface area contributed by atoms with E-state index in [2.05, 4.69) is 41.5 Å². The van der Waals surface area contributed by atoms with Crippen LogP contribution in [0.3, 0.4) is 0 Å². The molecule has 5 atom stereocenters. The molecule has 11 nitrogen and oxygen atoms in total. The number of nitrogens with one attached hydrogen (secondary N) is 1. The number of allylic oxidation sites excluding steroid dienone is 1. The number of benzene rings is 2. The van der Waals surface area contributed by atoms with Crippen molar-refractivity contribution < 1.29 is 22.7 Å². The molecular formula is C41H53ClN6O5S. The highest BCUT2D eigenvalue weighted by atomic mass is 35.5. The molecular weight excluding hydrogens is 724 g/mol. The van der Waals surface area contributed by atoms with Crippen molar-refractivity contribution in [1.82, 2.24) is 19.6 Å². The number of hydrogen-bond donors (Lipinski definition) is 1. The standard InChI is InChI=1S/C41H53ClN6O5S/c1-29-7-6-15-41(52-3,27-46-17-19-47(20-18-46)36-23-43-28-44-24-36)37-13-10-33(37)25-48-16-5-4-8-31-21-35(42)12-9-34(31)26-53-39-14-11-32(22-38(39)48)40(49)45-54(50,51)30(29)2/h6,9,11-12,14-15,21-24,28-30,33,37H,4-5,7-8,10,13,16-20,25-27H2,1-3H3,(H,45,49)/b15-6+/t29-,30+,33-,37?,41+/m0/s1. The van der Waals surface area contributed by atoms with Crippen LogP contribution in [0.5, 0.6) is 5.75 Å². The summed E-state index contributed by atoms with van der Waals surface area (Å²) in [6.45, 7) is 9.71. The Morgan fingerprint density at radius 3 is 2.52 bits per heavy atom. The molecule has 0 radical (unpaired) electrons. The van der Waals surface area contributed by atoms with Crippen molar-refractivity contribution in [2.45, 2.75) is 69.8 Å². The Morgan fingerprint density at radius 2 is 1.78 bits per heavy atom. The first-order valence-electron chi connectivity index (χ1n) is 19.4. The second-order valence-electron chi connectivity index (χ2n) is 15.5. The summed E-state index contributed by atoms with van der Waals surface area (Å²) in [5, 5.41) is -0.0838. The molecule has 4 aliphatic rings. The zero-order valence-electron chi connectivity index (χ0n) is 31.6. The Bertz CT molecular complexity index is 1920. The van der Waals surface area contributed by atoms with E-state index in [1.165, 1.54) is 5.56 Å². The number of aryl methyl sites for hydroxylation is 1. The lowest BCUT2D eigenvalue weighted by Gasteiger charge is -2.52. The van der Waals surface area contributed by atoms with Crippen LogP contribution in [-0.2, 0) is 27.8 Å². The number of amides is 1. The molecule has 1 saturated carbocycles. The first kappa shape index (κ1) is 38.6. The second kappa shape index (κ2) is 16.6. The zero-order chi connectivity index (χ0) is 37.9. The summed E-state index contributed by atoms with van der Waals surface area (Å²) in [6, 6.07) is 11.2. The maximum atomic E-state index is 13.6. The summed E-state index contributed by atoms with van der Waals surface area (Å²) in [5.74, 6) is 0.360. The molecule has 1 amide bonds. The first-order chi connectivity index (χ1) is 26.0. The number of aromatic nitrogens is 2. The van der Waals surface area contributed by atoms with Gasteiger partial charge in [0.25, 0.3) is 5.91 Å². The van der Waals surface area contributed by atoms with E-state index in [0.717, 1.165) is 94.9 Å². The van der Waals surface area contributed by atoms with Gasteiger partial charge in [0.1, 0.15) is 24.3 Å². The predicted molar refractivity (Wildman–Crippen MR) is 213 cm³/mol. The Labute approximate surface area is 325 Å². The molecule has 2 bridgehead atoms. The maximum absolute atomic E-state index is 13.6. The molecule has 1 unspecified atom stereocenters. The van der Waals surface area contributed by atoms with Gasteiger partial charge in [-0.2, -0.15) is 0 Å². The van der Waals surface area contributed by atoms with E-state index in [4.69, 9.17) is 21.1 Å². The quantitative estimate of drug-likeness (QED) is 0.311. The minimum absolute atomic E-state index is 0.239. The van der Waals surface area contributed by atoms with Gasteiger partial charge in [0, 0.05) is 63.5 Å². The number of carbonyl (C=O) groups excluding carboxylic acids is 1. The molecule has 7 rings (SSSR count). The summed E-state index contributed by atoms with van der Waals surface area (Å²) in [6.07, 6.45) is 15.1. The molecule has 1 N–H and O–H groups in total. The largest absolute Gasteiger partial charge is 0.487 e. The number of hydrogen-bond acceptors (Lipinski definition) is 10. The summed E-state index contributed by atoms with van der Waals surface area (Å²) < 4.78 is 42.8. The number of methoxy groups -OCH3 is 1. The Hall–Kier alpha value is -3.71. The molecule has 0 spiro atoms. The highest BCUT2D eigenvalue weighted by Gasteiger charge is 2.48. The van der Waals surface area contributed by atoms with Crippen molar-refractivity contribution >= 4 is 38.9 Å². The van der Waals surface area contributed by atoms with Gasteiger partial charge in [-0.05, 0) is 105 Å². The third-order valence-corrected chi connectivity index (χ3v) is 14.5. The molecule has 3 aliphatic heterocycles. The highest BCUT2D eigenvalue weighted by molar-refractivity contribution is 7.90. The number of fused-ring (bicyclic) bond motifs is 3. The van der Waals surface area contributed by atoms with E-state index in [9.17, 15) is 13.2 Å². The maximum Gasteiger partial charge on any atom is 0.264 e. The van der Waals surface area contributed by atoms with Crippen LogP contribution < -0.4 is 19.3 Å². The second-order valence-corrected chi connectivity index (χ2v) is 18.0. The molecule has 290 valence electrons. The number of halogens is 1. The van der Waals surface area contributed by atoms with Crippen molar-refractivity contribution in [2.75, 3.05) is 62.7 Å². The van der Waals surface area contributed by atoms with Crippen LogP contribution in [0.2, 0.25) is 5.02 Å². The van der Waals surface area contributed by atoms with Gasteiger partial charge in [0.15, 0.2) is 0 Å². The number of carbonyl (C=O) groups is 1. The zero-order valence-corrected chi connectivity index (χ0v) is 33.2. The number of sulfonamides is 1. The van der Waals surface area contributed by atoms with Crippen molar-refractivity contribution in [2.24, 2.45) is 17.8 Å². The molecule has 1 aliphatic carbocycles. The van der Waals surface area contributed by atoms with Crippen molar-refractivity contribution in [3.05, 3.63) is 89.0 Å². The molecule has 2 aromatic carbocycles. The van der Waals surface area contributed by atoms with Crippen LogP contribution in [0, 0.1) is 17.8 Å². The molecule has 2 fully saturated rings. The van der Waals surface area contributed by atoms with Crippen LogP contribution in [-0.4, -0.2) is 93.0 Å². The Morgan fingerprint density at radius 1 is 0.981 bits per heavy atom. The Balaban J connectivity index is 1.22. The van der Waals surface area contributed by atoms with Crippen LogP contribution in [0.1, 0.15) is 67.4 Å².